The van der Waals surface area contributed by atoms with E-state index >= 15 is 0 Å². The Kier molecular flexibility index (Phi) is 5.26. The van der Waals surface area contributed by atoms with Gasteiger partial charge < -0.3 is 24.7 Å². The van der Waals surface area contributed by atoms with Crippen LogP contribution < -0.4 is 19.9 Å². The van der Waals surface area contributed by atoms with E-state index in [1.54, 1.807) is 12.1 Å². The van der Waals surface area contributed by atoms with E-state index in [4.69, 9.17) is 19.9 Å². The van der Waals surface area contributed by atoms with E-state index in [-0.39, 0.29) is 31.6 Å². The summed E-state index contributed by atoms with van der Waals surface area (Å²) in [6.45, 7) is 0.154. The van der Waals surface area contributed by atoms with Crippen LogP contribution in [0.4, 0.5) is 0 Å². The van der Waals surface area contributed by atoms with Crippen molar-refractivity contribution in [1.82, 2.24) is 0 Å². The zero-order chi connectivity index (χ0) is 13.1. The van der Waals surface area contributed by atoms with Gasteiger partial charge in [-0.15, -0.1) is 12.4 Å². The van der Waals surface area contributed by atoms with Crippen LogP contribution in [0.25, 0.3) is 0 Å². The number of benzene rings is 1. The van der Waals surface area contributed by atoms with Crippen molar-refractivity contribution in [2.75, 3.05) is 21.0 Å². The second-order valence-electron chi connectivity index (χ2n) is 3.84. The van der Waals surface area contributed by atoms with Gasteiger partial charge in [-0.2, -0.15) is 0 Å². The first-order valence-corrected chi connectivity index (χ1v) is 5.45. The fourth-order valence-corrected chi connectivity index (χ4v) is 1.74. The largest absolute Gasteiger partial charge is 0.493 e. The molecule has 106 valence electrons. The van der Waals surface area contributed by atoms with E-state index in [1.165, 1.54) is 14.2 Å². The number of fused-ring (bicyclic) bond motifs is 1. The van der Waals surface area contributed by atoms with Gasteiger partial charge in [0.1, 0.15) is 0 Å². The summed E-state index contributed by atoms with van der Waals surface area (Å²) in [5.41, 5.74) is 6.67. The number of hydrogen-bond donors (Lipinski definition) is 1. The third-order valence-electron chi connectivity index (χ3n) is 2.72. The highest BCUT2D eigenvalue weighted by molar-refractivity contribution is 5.85. The molecule has 0 amide bonds. The molecule has 19 heavy (non-hydrogen) atoms. The smallest absolute Gasteiger partial charge is 0.307 e. The summed E-state index contributed by atoms with van der Waals surface area (Å²) < 4.78 is 20.4. The number of methoxy groups -OCH3 is 2. The number of hydrogen-bond acceptors (Lipinski definition) is 6. The van der Waals surface area contributed by atoms with Crippen molar-refractivity contribution < 1.29 is 23.7 Å². The Bertz CT molecular complexity index is 466. The minimum Gasteiger partial charge on any atom is -0.493 e. The number of ether oxygens (including phenoxy) is 4. The molecular formula is C12H16ClNO5. The average molecular weight is 290 g/mol. The molecule has 1 aliphatic heterocycles. The summed E-state index contributed by atoms with van der Waals surface area (Å²) >= 11 is 0. The molecule has 0 unspecified atom stereocenters. The topological polar surface area (TPSA) is 80.0 Å². The summed E-state index contributed by atoms with van der Waals surface area (Å²) in [5.74, 6) is 1.32. The van der Waals surface area contributed by atoms with Crippen LogP contribution in [-0.4, -0.2) is 27.0 Å². The molecule has 7 heteroatoms. The van der Waals surface area contributed by atoms with Gasteiger partial charge in [0.05, 0.1) is 20.6 Å². The first-order chi connectivity index (χ1) is 8.65. The predicted molar refractivity (Wildman–Crippen MR) is 69.9 cm³/mol. The lowest BCUT2D eigenvalue weighted by molar-refractivity contribution is -0.141. The van der Waals surface area contributed by atoms with Crippen LogP contribution in [0, 0.1) is 0 Å². The minimum atomic E-state index is -0.471. The number of nitrogens with two attached hydrogens (primary N) is 1. The molecule has 2 rings (SSSR count). The summed E-state index contributed by atoms with van der Waals surface area (Å²) in [4.78, 5) is 11.2. The molecule has 0 saturated heterocycles. The molecule has 1 aromatic rings. The van der Waals surface area contributed by atoms with Crippen LogP contribution in [0.15, 0.2) is 12.1 Å². The first-order valence-electron chi connectivity index (χ1n) is 5.45. The Morgan fingerprint density at radius 1 is 1.42 bits per heavy atom. The monoisotopic (exact) mass is 289 g/mol. The van der Waals surface area contributed by atoms with Crippen molar-refractivity contribution >= 4 is 18.4 Å². The maximum Gasteiger partial charge on any atom is 0.307 e. The van der Waals surface area contributed by atoms with Crippen LogP contribution >= 0.6 is 12.4 Å². The van der Waals surface area contributed by atoms with E-state index < -0.39 is 6.04 Å². The van der Waals surface area contributed by atoms with E-state index in [2.05, 4.69) is 4.74 Å². The zero-order valence-electron chi connectivity index (χ0n) is 10.7. The number of esters is 1. The van der Waals surface area contributed by atoms with Gasteiger partial charge in [-0.1, -0.05) is 0 Å². The van der Waals surface area contributed by atoms with E-state index in [0.29, 0.717) is 17.2 Å². The quantitative estimate of drug-likeness (QED) is 0.844. The molecule has 2 N–H and O–H groups in total. The SMILES string of the molecule is COC(=O)C[C@@H](N)c1cc(OC)c2c(c1)OCO2.Cl. The fraction of sp³-hybridized carbons (Fsp3) is 0.417. The molecule has 0 saturated carbocycles. The molecule has 0 fully saturated rings. The standard InChI is InChI=1S/C12H15NO5.ClH/c1-15-9-3-7(8(13)5-11(14)16-2)4-10-12(9)18-6-17-10;/h3-4,8H,5-6,13H2,1-2H3;1H/t8-;/m1./s1. The third kappa shape index (κ3) is 3.21. The Labute approximate surface area is 117 Å². The lowest BCUT2D eigenvalue weighted by Gasteiger charge is -2.13. The maximum atomic E-state index is 11.2. The average Bonchev–Trinajstić information content (AvgIpc) is 2.85. The Hall–Kier alpha value is -1.66. The predicted octanol–water partition coefficient (Wildman–Crippen LogP) is 1.41. The second-order valence-corrected chi connectivity index (χ2v) is 3.84. The number of carbonyl (C=O) groups excluding carboxylic acids is 1. The van der Waals surface area contributed by atoms with Gasteiger partial charge in [-0.05, 0) is 17.7 Å². The molecule has 1 aromatic carbocycles. The van der Waals surface area contributed by atoms with Crippen LogP contribution in [-0.2, 0) is 9.53 Å². The van der Waals surface area contributed by atoms with Crippen molar-refractivity contribution in [1.29, 1.82) is 0 Å². The van der Waals surface area contributed by atoms with Gasteiger partial charge in [0.2, 0.25) is 12.5 Å². The molecule has 0 bridgehead atoms. The highest BCUT2D eigenvalue weighted by Gasteiger charge is 2.22. The molecule has 6 nitrogen and oxygen atoms in total. The summed E-state index contributed by atoms with van der Waals surface area (Å²) in [7, 11) is 2.86. The number of halogens is 1. The lowest BCUT2D eigenvalue weighted by atomic mass is 10.0. The molecule has 0 spiro atoms. The van der Waals surface area contributed by atoms with Crippen LogP contribution in [0.3, 0.4) is 0 Å². The Morgan fingerprint density at radius 3 is 2.79 bits per heavy atom. The third-order valence-corrected chi connectivity index (χ3v) is 2.72. The van der Waals surface area contributed by atoms with Crippen molar-refractivity contribution in [3.8, 4) is 17.2 Å². The van der Waals surface area contributed by atoms with Crippen LogP contribution in [0.5, 0.6) is 17.2 Å². The Morgan fingerprint density at radius 2 is 2.16 bits per heavy atom. The summed E-state index contributed by atoms with van der Waals surface area (Å²) in [5, 5.41) is 0. The molecule has 0 aromatic heterocycles. The molecule has 1 aliphatic rings. The van der Waals surface area contributed by atoms with Gasteiger partial charge >= 0.3 is 5.97 Å². The first kappa shape index (κ1) is 15.4. The second kappa shape index (κ2) is 6.49. The number of rotatable bonds is 4. The van der Waals surface area contributed by atoms with Gasteiger partial charge in [-0.25, -0.2) is 0 Å². The highest BCUT2D eigenvalue weighted by atomic mass is 35.5. The van der Waals surface area contributed by atoms with E-state index in [9.17, 15) is 4.79 Å². The maximum absolute atomic E-state index is 11.2. The van der Waals surface area contributed by atoms with Gasteiger partial charge in [0, 0.05) is 6.04 Å². The van der Waals surface area contributed by atoms with Crippen molar-refractivity contribution in [2.45, 2.75) is 12.5 Å². The zero-order valence-corrected chi connectivity index (χ0v) is 11.5. The van der Waals surface area contributed by atoms with Gasteiger partial charge in [0.15, 0.2) is 11.5 Å². The summed E-state index contributed by atoms with van der Waals surface area (Å²) in [6.07, 6.45) is 0.0965. The molecule has 1 heterocycles. The molecule has 0 aliphatic carbocycles. The van der Waals surface area contributed by atoms with Crippen LogP contribution in [0.1, 0.15) is 18.0 Å². The van der Waals surface area contributed by atoms with Crippen molar-refractivity contribution in [3.63, 3.8) is 0 Å². The number of carbonyl (C=O) groups is 1. The van der Waals surface area contributed by atoms with Crippen molar-refractivity contribution in [2.24, 2.45) is 5.73 Å². The van der Waals surface area contributed by atoms with Crippen LogP contribution in [0.2, 0.25) is 0 Å². The Balaban J connectivity index is 0.00000180. The lowest BCUT2D eigenvalue weighted by Crippen LogP contribution is -2.16. The molecule has 0 radical (unpaired) electrons. The van der Waals surface area contributed by atoms with Crippen molar-refractivity contribution in [3.05, 3.63) is 17.7 Å². The van der Waals surface area contributed by atoms with E-state index in [1.807, 2.05) is 0 Å². The van der Waals surface area contributed by atoms with Gasteiger partial charge in [-0.3, -0.25) is 4.79 Å². The molecule has 1 atom stereocenters. The minimum absolute atomic E-state index is 0. The fourth-order valence-electron chi connectivity index (χ4n) is 1.74. The normalized spacial score (nSPS) is 13.4. The van der Waals surface area contributed by atoms with E-state index in [0.717, 1.165) is 5.56 Å². The summed E-state index contributed by atoms with van der Waals surface area (Å²) in [6, 6.07) is 3.01. The molecular weight excluding hydrogens is 274 g/mol. The van der Waals surface area contributed by atoms with Gasteiger partial charge in [0.25, 0.3) is 0 Å². The highest BCUT2D eigenvalue weighted by Crippen LogP contribution is 2.43.